The number of esters is 1. The van der Waals surface area contributed by atoms with Gasteiger partial charge in [-0.15, -0.1) is 0 Å². The van der Waals surface area contributed by atoms with Crippen molar-refractivity contribution in [3.63, 3.8) is 0 Å². The molecule has 0 amide bonds. The molecule has 0 radical (unpaired) electrons. The van der Waals surface area contributed by atoms with Gasteiger partial charge in [0, 0.05) is 32.8 Å². The van der Waals surface area contributed by atoms with E-state index in [-0.39, 0.29) is 51.8 Å². The molecule has 210 valence electrons. The molecular formula is C23H46O12. The van der Waals surface area contributed by atoms with Crippen LogP contribution in [0.15, 0.2) is 0 Å². The molecule has 0 atom stereocenters. The van der Waals surface area contributed by atoms with E-state index in [1.165, 1.54) is 0 Å². The summed E-state index contributed by atoms with van der Waals surface area (Å²) < 4.78 is 19.5. The normalized spacial score (nSPS) is 9.49. The molecule has 0 heterocycles. The fourth-order valence-electron chi connectivity index (χ4n) is 1.96. The van der Waals surface area contributed by atoms with Gasteiger partial charge in [0.25, 0.3) is 0 Å². The lowest BCUT2D eigenvalue weighted by Crippen LogP contribution is -2.12. The minimum atomic E-state index is -0.870. The van der Waals surface area contributed by atoms with E-state index in [0.29, 0.717) is 65.1 Å². The quantitative estimate of drug-likeness (QED) is 0.136. The SMILES string of the molecule is C.COCCOCCOC(=O)CCCCC(C)=O.O=C(O)CCCCC(=O)O.OCCOCCO. The molecule has 0 fully saturated rings. The van der Waals surface area contributed by atoms with Gasteiger partial charge in [-0.25, -0.2) is 0 Å². The number of Topliss-reactive ketones (excluding diaryl/α,β-unsaturated/α-hetero) is 1. The summed E-state index contributed by atoms with van der Waals surface area (Å²) in [6, 6.07) is 0. The lowest BCUT2D eigenvalue weighted by atomic mass is 10.1. The second-order valence-corrected chi connectivity index (χ2v) is 6.79. The standard InChI is InChI=1S/C12H22O5.C6H10O4.C4H10O3.CH4/c1-11(13)5-3-4-6-12(14)17-10-9-16-8-7-15-2;7-5(8)3-1-2-4-6(9)10;5-1-3-7-4-2-6;/h3-10H2,1-2H3;1-4H2,(H,7,8)(H,9,10);5-6H,1-4H2;1H4. The number of carbonyl (C=O) groups excluding carboxylic acids is 2. The highest BCUT2D eigenvalue weighted by Gasteiger charge is 2.03. The molecule has 0 aliphatic heterocycles. The summed E-state index contributed by atoms with van der Waals surface area (Å²) in [4.78, 5) is 41.6. The van der Waals surface area contributed by atoms with Crippen molar-refractivity contribution in [2.75, 3.05) is 60.0 Å². The van der Waals surface area contributed by atoms with E-state index >= 15 is 0 Å². The first-order chi connectivity index (χ1) is 16.2. The lowest BCUT2D eigenvalue weighted by Gasteiger charge is -2.05. The molecule has 0 saturated heterocycles. The van der Waals surface area contributed by atoms with Crippen LogP contribution in [-0.4, -0.2) is 104 Å². The summed E-state index contributed by atoms with van der Waals surface area (Å²) in [5.41, 5.74) is 0. The molecule has 4 N–H and O–H groups in total. The number of ketones is 1. The van der Waals surface area contributed by atoms with Crippen LogP contribution in [0.5, 0.6) is 0 Å². The summed E-state index contributed by atoms with van der Waals surface area (Å²) in [5.74, 6) is -1.82. The van der Waals surface area contributed by atoms with Gasteiger partial charge in [-0.3, -0.25) is 14.4 Å². The maximum atomic E-state index is 11.2. The number of hydrogen-bond acceptors (Lipinski definition) is 10. The molecule has 0 aromatic rings. The third-order valence-corrected chi connectivity index (χ3v) is 3.58. The number of aliphatic hydroxyl groups excluding tert-OH is 2. The minimum Gasteiger partial charge on any atom is -0.481 e. The van der Waals surface area contributed by atoms with Crippen molar-refractivity contribution in [3.8, 4) is 0 Å². The van der Waals surface area contributed by atoms with Crippen LogP contribution >= 0.6 is 0 Å². The van der Waals surface area contributed by atoms with E-state index in [2.05, 4.69) is 4.74 Å². The van der Waals surface area contributed by atoms with Crippen LogP contribution in [-0.2, 0) is 38.1 Å². The Bertz CT molecular complexity index is 477. The van der Waals surface area contributed by atoms with E-state index in [0.717, 1.165) is 6.42 Å². The molecule has 35 heavy (non-hydrogen) atoms. The zero-order valence-electron chi connectivity index (χ0n) is 20.4. The smallest absolute Gasteiger partial charge is 0.305 e. The van der Waals surface area contributed by atoms with Crippen molar-refractivity contribution in [3.05, 3.63) is 0 Å². The second kappa shape index (κ2) is 34.0. The van der Waals surface area contributed by atoms with Gasteiger partial charge in [0.1, 0.15) is 12.4 Å². The fourth-order valence-corrected chi connectivity index (χ4v) is 1.96. The van der Waals surface area contributed by atoms with E-state index in [4.69, 9.17) is 34.6 Å². The summed E-state index contributed by atoms with van der Waals surface area (Å²) in [6.45, 7) is 3.96. The van der Waals surface area contributed by atoms with Crippen molar-refractivity contribution < 1.29 is 58.6 Å². The van der Waals surface area contributed by atoms with Crippen LogP contribution < -0.4 is 0 Å². The molecule has 0 aromatic heterocycles. The molecule has 0 aromatic carbocycles. The summed E-state index contributed by atoms with van der Waals surface area (Å²) in [5, 5.41) is 32.4. The Morgan fingerprint density at radius 3 is 1.49 bits per heavy atom. The molecule has 0 aliphatic rings. The zero-order chi connectivity index (χ0) is 26.5. The Morgan fingerprint density at radius 2 is 1.06 bits per heavy atom. The molecule has 0 rings (SSSR count). The van der Waals surface area contributed by atoms with Gasteiger partial charge < -0.3 is 44.2 Å². The maximum absolute atomic E-state index is 11.2. The topological polar surface area (TPSA) is 186 Å². The molecule has 12 heteroatoms. The van der Waals surface area contributed by atoms with Crippen molar-refractivity contribution in [1.29, 1.82) is 0 Å². The number of methoxy groups -OCH3 is 1. The molecule has 0 spiro atoms. The average molecular weight is 515 g/mol. The number of rotatable bonds is 20. The predicted octanol–water partition coefficient (Wildman–Crippen LogP) is 1.68. The summed E-state index contributed by atoms with van der Waals surface area (Å²) >= 11 is 0. The third-order valence-electron chi connectivity index (χ3n) is 3.58. The summed E-state index contributed by atoms with van der Waals surface area (Å²) in [7, 11) is 1.60. The van der Waals surface area contributed by atoms with Crippen LogP contribution in [0.2, 0.25) is 0 Å². The van der Waals surface area contributed by atoms with Crippen molar-refractivity contribution in [2.45, 2.75) is 65.7 Å². The molecule has 0 aliphatic carbocycles. The Balaban J connectivity index is -0.000000227. The number of unbranched alkanes of at least 4 members (excludes halogenated alkanes) is 2. The second-order valence-electron chi connectivity index (χ2n) is 6.79. The first-order valence-corrected chi connectivity index (χ1v) is 11.2. The predicted molar refractivity (Wildman–Crippen MR) is 128 cm³/mol. The first-order valence-electron chi connectivity index (χ1n) is 11.2. The Hall–Kier alpha value is -2.12. The van der Waals surface area contributed by atoms with Gasteiger partial charge in [0.2, 0.25) is 0 Å². The van der Waals surface area contributed by atoms with Crippen molar-refractivity contribution in [2.24, 2.45) is 0 Å². The number of hydrogen-bond donors (Lipinski definition) is 4. The fraction of sp³-hybridized carbons (Fsp3) is 0.826. The molecule has 0 unspecified atom stereocenters. The van der Waals surface area contributed by atoms with Gasteiger partial charge >= 0.3 is 17.9 Å². The average Bonchev–Trinajstić information content (AvgIpc) is 2.77. The first kappa shape index (κ1) is 40.1. The number of aliphatic hydroxyl groups is 2. The van der Waals surface area contributed by atoms with Gasteiger partial charge in [0.05, 0.1) is 46.2 Å². The maximum Gasteiger partial charge on any atom is 0.305 e. The van der Waals surface area contributed by atoms with E-state index in [9.17, 15) is 19.2 Å². The highest BCUT2D eigenvalue weighted by molar-refractivity contribution is 5.75. The van der Waals surface area contributed by atoms with Crippen molar-refractivity contribution in [1.82, 2.24) is 0 Å². The Morgan fingerprint density at radius 1 is 0.629 bits per heavy atom. The minimum absolute atomic E-state index is 0. The summed E-state index contributed by atoms with van der Waals surface area (Å²) in [6.07, 6.45) is 3.36. The zero-order valence-corrected chi connectivity index (χ0v) is 20.4. The van der Waals surface area contributed by atoms with Crippen LogP contribution in [0, 0.1) is 0 Å². The molecule has 0 saturated carbocycles. The van der Waals surface area contributed by atoms with Crippen molar-refractivity contribution >= 4 is 23.7 Å². The number of ether oxygens (including phenoxy) is 4. The number of aliphatic carboxylic acids is 2. The highest BCUT2D eigenvalue weighted by atomic mass is 16.6. The van der Waals surface area contributed by atoms with Crippen LogP contribution in [0.4, 0.5) is 0 Å². The van der Waals surface area contributed by atoms with E-state index in [1.807, 2.05) is 0 Å². The Labute approximate surface area is 208 Å². The monoisotopic (exact) mass is 514 g/mol. The molecular weight excluding hydrogens is 468 g/mol. The van der Waals surface area contributed by atoms with Crippen LogP contribution in [0.3, 0.4) is 0 Å². The Kier molecular flexibility index (Phi) is 39.0. The number of carboxylic acid groups (broad SMARTS) is 2. The van der Waals surface area contributed by atoms with Crippen LogP contribution in [0.25, 0.3) is 0 Å². The molecule has 0 bridgehead atoms. The van der Waals surface area contributed by atoms with Gasteiger partial charge in [-0.2, -0.15) is 0 Å². The largest absolute Gasteiger partial charge is 0.481 e. The lowest BCUT2D eigenvalue weighted by molar-refractivity contribution is -0.145. The van der Waals surface area contributed by atoms with E-state index in [1.54, 1.807) is 14.0 Å². The third kappa shape index (κ3) is 49.9. The highest BCUT2D eigenvalue weighted by Crippen LogP contribution is 2.02. The van der Waals surface area contributed by atoms with Gasteiger partial charge in [-0.1, -0.05) is 7.43 Å². The number of carbonyl (C=O) groups is 4. The van der Waals surface area contributed by atoms with Gasteiger partial charge in [0.15, 0.2) is 0 Å². The van der Waals surface area contributed by atoms with E-state index < -0.39 is 11.9 Å². The van der Waals surface area contributed by atoms with Gasteiger partial charge in [-0.05, 0) is 32.6 Å². The van der Waals surface area contributed by atoms with Crippen LogP contribution in [0.1, 0.15) is 65.7 Å². The molecule has 12 nitrogen and oxygen atoms in total. The number of carboxylic acids is 2.